The van der Waals surface area contributed by atoms with Crippen LogP contribution < -0.4 is 10.5 Å². The molecule has 2 aliphatic rings. The summed E-state index contributed by atoms with van der Waals surface area (Å²) in [5.74, 6) is -0.908. The van der Waals surface area contributed by atoms with Crippen LogP contribution in [0.15, 0.2) is 18.2 Å². The van der Waals surface area contributed by atoms with Gasteiger partial charge in [0.25, 0.3) is 5.91 Å². The van der Waals surface area contributed by atoms with Crippen LogP contribution in [0.5, 0.6) is 5.75 Å². The van der Waals surface area contributed by atoms with Crippen LogP contribution in [0.1, 0.15) is 35.2 Å². The van der Waals surface area contributed by atoms with Crippen molar-refractivity contribution in [1.29, 1.82) is 5.41 Å². The molecule has 1 aromatic carbocycles. The summed E-state index contributed by atoms with van der Waals surface area (Å²) < 4.78 is 5.62. The second kappa shape index (κ2) is 8.28. The Bertz CT molecular complexity index is 802. The molecule has 1 saturated heterocycles. The van der Waals surface area contributed by atoms with Crippen molar-refractivity contribution in [2.75, 3.05) is 32.8 Å². The van der Waals surface area contributed by atoms with Gasteiger partial charge in [-0.1, -0.05) is 6.07 Å². The van der Waals surface area contributed by atoms with Crippen LogP contribution in [-0.2, 0) is 9.59 Å². The standard InChI is InChI=1S/C19H24N4O5/c20-18(21)13-1-2-14-15(10-13)28-8-7-23(19(14)27)11-16(24)22-5-3-12(4-6-22)9-17(25)26/h1-2,10,12H,3-9,11H2,(H3,20,21)(H,25,26). The van der Waals surface area contributed by atoms with Gasteiger partial charge in [0.05, 0.1) is 12.1 Å². The maximum absolute atomic E-state index is 12.8. The van der Waals surface area contributed by atoms with E-state index in [2.05, 4.69) is 0 Å². The number of piperidine rings is 1. The first-order valence-electron chi connectivity index (χ1n) is 9.25. The Labute approximate surface area is 162 Å². The fraction of sp³-hybridized carbons (Fsp3) is 0.474. The number of carbonyl (C=O) groups is 3. The average Bonchev–Trinajstić information content (AvgIpc) is 2.80. The van der Waals surface area contributed by atoms with Crippen LogP contribution in [0.2, 0.25) is 0 Å². The SMILES string of the molecule is N=C(N)c1ccc2c(c1)OCCN(CC(=O)N1CCC(CC(=O)O)CC1)C2=O. The molecule has 0 unspecified atom stereocenters. The van der Waals surface area contributed by atoms with E-state index < -0.39 is 5.97 Å². The first-order valence-corrected chi connectivity index (χ1v) is 9.25. The summed E-state index contributed by atoms with van der Waals surface area (Å²) in [7, 11) is 0. The number of aliphatic carboxylic acids is 1. The van der Waals surface area contributed by atoms with Gasteiger partial charge in [-0.15, -0.1) is 0 Å². The minimum absolute atomic E-state index is 0.0420. The van der Waals surface area contributed by atoms with Gasteiger partial charge in [0.1, 0.15) is 24.7 Å². The molecular weight excluding hydrogens is 364 g/mol. The number of amides is 2. The third kappa shape index (κ3) is 4.41. The molecule has 150 valence electrons. The summed E-state index contributed by atoms with van der Waals surface area (Å²) in [5.41, 5.74) is 6.30. The average molecular weight is 388 g/mol. The lowest BCUT2D eigenvalue weighted by Gasteiger charge is -2.33. The smallest absolute Gasteiger partial charge is 0.303 e. The fourth-order valence-electron chi connectivity index (χ4n) is 3.57. The van der Waals surface area contributed by atoms with E-state index in [0.29, 0.717) is 42.8 Å². The number of carboxylic acids is 1. The Kier molecular flexibility index (Phi) is 5.81. The van der Waals surface area contributed by atoms with Crippen LogP contribution >= 0.6 is 0 Å². The number of nitrogen functional groups attached to an aromatic ring is 1. The lowest BCUT2D eigenvalue weighted by atomic mass is 9.93. The number of nitrogens with one attached hydrogen (secondary N) is 1. The number of ether oxygens (including phenoxy) is 1. The van der Waals surface area contributed by atoms with Gasteiger partial charge in [-0.25, -0.2) is 0 Å². The predicted octanol–water partition coefficient (Wildman–Crippen LogP) is 0.519. The van der Waals surface area contributed by atoms with E-state index in [1.54, 1.807) is 23.1 Å². The largest absolute Gasteiger partial charge is 0.491 e. The summed E-state index contributed by atoms with van der Waals surface area (Å²) in [5, 5.41) is 16.4. The van der Waals surface area contributed by atoms with Crippen LogP contribution in [0.3, 0.4) is 0 Å². The molecule has 0 aromatic heterocycles. The van der Waals surface area contributed by atoms with Crippen LogP contribution in [0.25, 0.3) is 0 Å². The van der Waals surface area contributed by atoms with Crippen molar-refractivity contribution in [1.82, 2.24) is 9.80 Å². The van der Waals surface area contributed by atoms with Gasteiger partial charge in [0, 0.05) is 25.1 Å². The molecule has 9 nitrogen and oxygen atoms in total. The highest BCUT2D eigenvalue weighted by atomic mass is 16.5. The minimum atomic E-state index is -0.813. The normalized spacial score (nSPS) is 17.5. The molecule has 0 saturated carbocycles. The number of carbonyl (C=O) groups excluding carboxylic acids is 2. The lowest BCUT2D eigenvalue weighted by Crippen LogP contribution is -2.46. The van der Waals surface area contributed by atoms with E-state index in [9.17, 15) is 14.4 Å². The highest BCUT2D eigenvalue weighted by Crippen LogP contribution is 2.25. The zero-order valence-electron chi connectivity index (χ0n) is 15.5. The van der Waals surface area contributed by atoms with Crippen LogP contribution in [0, 0.1) is 11.3 Å². The second-order valence-electron chi connectivity index (χ2n) is 7.12. The van der Waals surface area contributed by atoms with E-state index in [1.165, 1.54) is 4.90 Å². The van der Waals surface area contributed by atoms with E-state index in [4.69, 9.17) is 21.0 Å². The number of carboxylic acid groups (broad SMARTS) is 1. The number of amidine groups is 1. The Balaban J connectivity index is 1.63. The van der Waals surface area contributed by atoms with Gasteiger partial charge in [0.2, 0.25) is 5.91 Å². The summed E-state index contributed by atoms with van der Waals surface area (Å²) >= 11 is 0. The monoisotopic (exact) mass is 388 g/mol. The Morgan fingerprint density at radius 1 is 1.25 bits per heavy atom. The highest BCUT2D eigenvalue weighted by Gasteiger charge is 2.29. The molecule has 28 heavy (non-hydrogen) atoms. The van der Waals surface area contributed by atoms with E-state index in [1.807, 2.05) is 0 Å². The summed E-state index contributed by atoms with van der Waals surface area (Å²) in [6.45, 7) is 1.50. The number of hydrogen-bond acceptors (Lipinski definition) is 5. The zero-order chi connectivity index (χ0) is 20.3. The number of benzene rings is 1. The van der Waals surface area contributed by atoms with Crippen molar-refractivity contribution in [2.45, 2.75) is 19.3 Å². The molecule has 1 aromatic rings. The van der Waals surface area contributed by atoms with E-state index in [-0.39, 0.29) is 49.7 Å². The topological polar surface area (TPSA) is 137 Å². The van der Waals surface area contributed by atoms with Gasteiger partial charge < -0.3 is 25.4 Å². The summed E-state index contributed by atoms with van der Waals surface area (Å²) in [4.78, 5) is 39.4. The number of nitrogens with zero attached hydrogens (tertiary/aromatic N) is 2. The van der Waals surface area contributed by atoms with Crippen LogP contribution in [0.4, 0.5) is 0 Å². The molecule has 0 atom stereocenters. The Morgan fingerprint density at radius 2 is 1.96 bits per heavy atom. The number of nitrogens with two attached hydrogens (primary N) is 1. The zero-order valence-corrected chi connectivity index (χ0v) is 15.5. The first kappa shape index (κ1) is 19.7. The number of likely N-dealkylation sites (tertiary alicyclic amines) is 1. The number of fused-ring (bicyclic) bond motifs is 1. The van der Waals surface area contributed by atoms with Crippen molar-refractivity contribution in [3.05, 3.63) is 29.3 Å². The molecule has 1 fully saturated rings. The van der Waals surface area contributed by atoms with Gasteiger partial charge >= 0.3 is 5.97 Å². The van der Waals surface area contributed by atoms with Gasteiger partial charge in [0.15, 0.2) is 0 Å². The third-order valence-electron chi connectivity index (χ3n) is 5.19. The molecule has 2 heterocycles. The van der Waals surface area contributed by atoms with Gasteiger partial charge in [-0.05, 0) is 30.9 Å². The van der Waals surface area contributed by atoms with Crippen molar-refractivity contribution in [2.24, 2.45) is 11.7 Å². The summed E-state index contributed by atoms with van der Waals surface area (Å²) in [6.07, 6.45) is 1.44. The van der Waals surface area contributed by atoms with Gasteiger partial charge in [-0.3, -0.25) is 19.8 Å². The Morgan fingerprint density at radius 3 is 2.61 bits per heavy atom. The Hall–Kier alpha value is -3.10. The maximum Gasteiger partial charge on any atom is 0.303 e. The fourth-order valence-corrected chi connectivity index (χ4v) is 3.57. The predicted molar refractivity (Wildman–Crippen MR) is 100 cm³/mol. The number of rotatable bonds is 5. The van der Waals surface area contributed by atoms with Crippen molar-refractivity contribution in [3.63, 3.8) is 0 Å². The minimum Gasteiger partial charge on any atom is -0.491 e. The molecule has 0 aliphatic carbocycles. The van der Waals surface area contributed by atoms with E-state index >= 15 is 0 Å². The number of hydrogen-bond donors (Lipinski definition) is 3. The molecule has 2 aliphatic heterocycles. The van der Waals surface area contributed by atoms with E-state index in [0.717, 1.165) is 0 Å². The molecule has 9 heteroatoms. The molecule has 3 rings (SSSR count). The highest BCUT2D eigenvalue weighted by molar-refractivity contribution is 6.01. The molecule has 0 spiro atoms. The second-order valence-corrected chi connectivity index (χ2v) is 7.12. The quantitative estimate of drug-likeness (QED) is 0.497. The third-order valence-corrected chi connectivity index (χ3v) is 5.19. The molecular formula is C19H24N4O5. The molecule has 4 N–H and O–H groups in total. The van der Waals surface area contributed by atoms with Gasteiger partial charge in [-0.2, -0.15) is 0 Å². The molecule has 0 bridgehead atoms. The first-order chi connectivity index (χ1) is 13.3. The lowest BCUT2D eigenvalue weighted by molar-refractivity contribution is -0.138. The molecule has 0 radical (unpaired) electrons. The van der Waals surface area contributed by atoms with Crippen molar-refractivity contribution < 1.29 is 24.2 Å². The van der Waals surface area contributed by atoms with Crippen molar-refractivity contribution in [3.8, 4) is 5.75 Å². The van der Waals surface area contributed by atoms with Crippen molar-refractivity contribution >= 4 is 23.6 Å². The van der Waals surface area contributed by atoms with Crippen LogP contribution in [-0.4, -0.2) is 71.3 Å². The molecule has 2 amide bonds. The maximum atomic E-state index is 12.8. The summed E-state index contributed by atoms with van der Waals surface area (Å²) in [6, 6.07) is 4.71.